The number of rotatable bonds is 7. The van der Waals surface area contributed by atoms with Crippen molar-refractivity contribution in [3.63, 3.8) is 0 Å². The van der Waals surface area contributed by atoms with Gasteiger partial charge in [-0.15, -0.1) is 11.8 Å². The van der Waals surface area contributed by atoms with Crippen molar-refractivity contribution in [1.29, 1.82) is 0 Å². The minimum atomic E-state index is 0.747. The molecule has 0 atom stereocenters. The molecule has 2 rings (SSSR count). The zero-order chi connectivity index (χ0) is 14.8. The molecular formula is C15H23N3OS2. The normalized spacial score (nSPS) is 15.6. The summed E-state index contributed by atoms with van der Waals surface area (Å²) in [7, 11) is 0. The Hall–Kier alpha value is -0.820. The van der Waals surface area contributed by atoms with Crippen molar-refractivity contribution in [3.8, 4) is 0 Å². The number of hydrogen-bond donors (Lipinski definition) is 2. The summed E-state index contributed by atoms with van der Waals surface area (Å²) >= 11 is 7.11. The maximum Gasteiger partial charge on any atom is 0.166 e. The van der Waals surface area contributed by atoms with E-state index < -0.39 is 0 Å². The first-order chi connectivity index (χ1) is 10.3. The molecule has 1 aromatic rings. The fourth-order valence-corrected chi connectivity index (χ4v) is 3.06. The molecule has 4 nitrogen and oxygen atoms in total. The van der Waals surface area contributed by atoms with Crippen LogP contribution in [0.2, 0.25) is 0 Å². The predicted molar refractivity (Wildman–Crippen MR) is 93.0 cm³/mol. The van der Waals surface area contributed by atoms with Crippen LogP contribution in [0, 0.1) is 0 Å². The molecule has 0 amide bonds. The van der Waals surface area contributed by atoms with Gasteiger partial charge in [-0.3, -0.25) is 4.90 Å². The van der Waals surface area contributed by atoms with E-state index in [0.29, 0.717) is 0 Å². The molecule has 0 aliphatic carbocycles. The van der Waals surface area contributed by atoms with Crippen molar-refractivity contribution >= 4 is 29.1 Å². The molecule has 116 valence electrons. The number of hydrogen-bond acceptors (Lipinski definition) is 4. The van der Waals surface area contributed by atoms with Crippen molar-refractivity contribution < 1.29 is 4.74 Å². The Labute approximate surface area is 136 Å². The lowest BCUT2D eigenvalue weighted by Gasteiger charge is -2.26. The van der Waals surface area contributed by atoms with E-state index in [1.54, 1.807) is 0 Å². The second-order valence-electron chi connectivity index (χ2n) is 4.80. The number of thiocarbonyl (C=S) groups is 1. The van der Waals surface area contributed by atoms with Gasteiger partial charge in [0.25, 0.3) is 0 Å². The van der Waals surface area contributed by atoms with E-state index in [0.717, 1.165) is 56.8 Å². The summed E-state index contributed by atoms with van der Waals surface area (Å²) in [5.41, 5.74) is 0. The molecule has 1 heterocycles. The molecule has 0 radical (unpaired) electrons. The Morgan fingerprint density at radius 1 is 1.14 bits per heavy atom. The average molecular weight is 326 g/mol. The number of benzene rings is 1. The van der Waals surface area contributed by atoms with E-state index in [2.05, 4.69) is 39.8 Å². The summed E-state index contributed by atoms with van der Waals surface area (Å²) in [6.45, 7) is 6.52. The second kappa shape index (κ2) is 10.00. The number of morpholine rings is 1. The Kier molecular flexibility index (Phi) is 7.88. The van der Waals surface area contributed by atoms with Gasteiger partial charge in [-0.1, -0.05) is 18.2 Å². The van der Waals surface area contributed by atoms with Crippen molar-refractivity contribution in [2.24, 2.45) is 0 Å². The molecule has 21 heavy (non-hydrogen) atoms. The van der Waals surface area contributed by atoms with Crippen LogP contribution in [0.15, 0.2) is 35.2 Å². The van der Waals surface area contributed by atoms with E-state index in [1.807, 2.05) is 17.8 Å². The minimum Gasteiger partial charge on any atom is -0.379 e. The SMILES string of the molecule is S=C(NCCSc1ccccc1)NCCN1CCOCC1. The third-order valence-corrected chi connectivity index (χ3v) is 4.52. The molecule has 0 unspecified atom stereocenters. The fourth-order valence-electron chi connectivity index (χ4n) is 2.06. The van der Waals surface area contributed by atoms with Gasteiger partial charge in [-0.05, 0) is 24.4 Å². The number of thioether (sulfide) groups is 1. The van der Waals surface area contributed by atoms with Crippen LogP contribution in [-0.2, 0) is 4.74 Å². The van der Waals surface area contributed by atoms with E-state index >= 15 is 0 Å². The van der Waals surface area contributed by atoms with Gasteiger partial charge >= 0.3 is 0 Å². The summed E-state index contributed by atoms with van der Waals surface area (Å²) < 4.78 is 5.33. The molecule has 0 bridgehead atoms. The molecule has 1 fully saturated rings. The highest BCUT2D eigenvalue weighted by Crippen LogP contribution is 2.15. The fraction of sp³-hybridized carbons (Fsp3) is 0.533. The molecule has 6 heteroatoms. The molecule has 0 spiro atoms. The smallest absolute Gasteiger partial charge is 0.166 e. The monoisotopic (exact) mass is 325 g/mol. The van der Waals surface area contributed by atoms with Crippen molar-refractivity contribution in [1.82, 2.24) is 15.5 Å². The molecule has 1 saturated heterocycles. The van der Waals surface area contributed by atoms with Crippen LogP contribution in [0.5, 0.6) is 0 Å². The lowest BCUT2D eigenvalue weighted by atomic mass is 10.4. The first-order valence-electron chi connectivity index (χ1n) is 7.34. The van der Waals surface area contributed by atoms with Gasteiger partial charge in [-0.2, -0.15) is 0 Å². The summed E-state index contributed by atoms with van der Waals surface area (Å²) in [6.07, 6.45) is 0. The Morgan fingerprint density at radius 2 is 1.86 bits per heavy atom. The van der Waals surface area contributed by atoms with Crippen molar-refractivity contribution in [2.45, 2.75) is 4.90 Å². The predicted octanol–water partition coefficient (Wildman–Crippen LogP) is 1.57. The van der Waals surface area contributed by atoms with Crippen LogP contribution in [-0.4, -0.2) is 61.7 Å². The lowest BCUT2D eigenvalue weighted by molar-refractivity contribution is 0.0389. The maximum absolute atomic E-state index is 5.33. The van der Waals surface area contributed by atoms with Gasteiger partial charge < -0.3 is 15.4 Å². The first-order valence-corrected chi connectivity index (χ1v) is 8.73. The topological polar surface area (TPSA) is 36.5 Å². The third-order valence-electron chi connectivity index (χ3n) is 3.22. The molecule has 1 aliphatic rings. The first kappa shape index (κ1) is 16.5. The summed E-state index contributed by atoms with van der Waals surface area (Å²) in [4.78, 5) is 3.69. The van der Waals surface area contributed by atoms with Crippen LogP contribution < -0.4 is 10.6 Å². The molecule has 0 saturated carbocycles. The van der Waals surface area contributed by atoms with E-state index in [1.165, 1.54) is 4.90 Å². The average Bonchev–Trinajstić information content (AvgIpc) is 2.54. The highest BCUT2D eigenvalue weighted by molar-refractivity contribution is 7.99. The van der Waals surface area contributed by atoms with E-state index in [9.17, 15) is 0 Å². The van der Waals surface area contributed by atoms with Gasteiger partial charge in [0.2, 0.25) is 0 Å². The zero-order valence-electron chi connectivity index (χ0n) is 12.2. The Balaban J connectivity index is 1.47. The number of nitrogens with zero attached hydrogens (tertiary/aromatic N) is 1. The highest BCUT2D eigenvalue weighted by atomic mass is 32.2. The highest BCUT2D eigenvalue weighted by Gasteiger charge is 2.09. The summed E-state index contributed by atoms with van der Waals surface area (Å²) in [6, 6.07) is 10.4. The largest absolute Gasteiger partial charge is 0.379 e. The Bertz CT molecular complexity index is 411. The van der Waals surface area contributed by atoms with Gasteiger partial charge in [0.05, 0.1) is 13.2 Å². The van der Waals surface area contributed by atoms with Crippen molar-refractivity contribution in [3.05, 3.63) is 30.3 Å². The molecule has 1 aliphatic heterocycles. The summed E-state index contributed by atoms with van der Waals surface area (Å²) in [5, 5.41) is 7.25. The van der Waals surface area contributed by atoms with Gasteiger partial charge in [0.15, 0.2) is 5.11 Å². The molecule has 1 aromatic carbocycles. The lowest BCUT2D eigenvalue weighted by Crippen LogP contribution is -2.43. The van der Waals surface area contributed by atoms with Crippen LogP contribution >= 0.6 is 24.0 Å². The second-order valence-corrected chi connectivity index (χ2v) is 6.37. The van der Waals surface area contributed by atoms with E-state index in [4.69, 9.17) is 17.0 Å². The van der Waals surface area contributed by atoms with E-state index in [-0.39, 0.29) is 0 Å². The Morgan fingerprint density at radius 3 is 2.62 bits per heavy atom. The van der Waals surface area contributed by atoms with Crippen LogP contribution in [0.4, 0.5) is 0 Å². The van der Waals surface area contributed by atoms with Crippen LogP contribution in [0.25, 0.3) is 0 Å². The quantitative estimate of drug-likeness (QED) is 0.450. The molecular weight excluding hydrogens is 302 g/mol. The maximum atomic E-state index is 5.33. The molecule has 2 N–H and O–H groups in total. The number of nitrogens with one attached hydrogen (secondary N) is 2. The third kappa shape index (κ3) is 7.13. The standard InChI is InChI=1S/C15H23N3OS2/c20-15(16-6-8-18-9-11-19-12-10-18)17-7-13-21-14-4-2-1-3-5-14/h1-5H,6-13H2,(H2,16,17,20). The molecule has 0 aromatic heterocycles. The number of ether oxygens (including phenoxy) is 1. The van der Waals surface area contributed by atoms with Gasteiger partial charge in [0, 0.05) is 43.4 Å². The van der Waals surface area contributed by atoms with Gasteiger partial charge in [-0.25, -0.2) is 0 Å². The van der Waals surface area contributed by atoms with Gasteiger partial charge in [0.1, 0.15) is 0 Å². The zero-order valence-corrected chi connectivity index (χ0v) is 13.8. The minimum absolute atomic E-state index is 0.747. The van der Waals surface area contributed by atoms with Crippen molar-refractivity contribution in [2.75, 3.05) is 51.7 Å². The van der Waals surface area contributed by atoms with Crippen LogP contribution in [0.1, 0.15) is 0 Å². The summed E-state index contributed by atoms with van der Waals surface area (Å²) in [5.74, 6) is 1.01. The van der Waals surface area contributed by atoms with Crippen LogP contribution in [0.3, 0.4) is 0 Å².